The Morgan fingerprint density at radius 2 is 2.05 bits per heavy atom. The van der Waals surface area contributed by atoms with Crippen molar-refractivity contribution >= 4 is 10.9 Å². The van der Waals surface area contributed by atoms with Crippen LogP contribution in [0.5, 0.6) is 11.6 Å². The second-order valence-electron chi connectivity index (χ2n) is 4.28. The van der Waals surface area contributed by atoms with Crippen molar-refractivity contribution in [2.75, 3.05) is 0 Å². The molecule has 3 rings (SSSR count). The van der Waals surface area contributed by atoms with E-state index >= 15 is 0 Å². The van der Waals surface area contributed by atoms with Gasteiger partial charge in [0.1, 0.15) is 11.6 Å². The Bertz CT molecular complexity index is 761. The van der Waals surface area contributed by atoms with E-state index in [0.717, 1.165) is 17.1 Å². The second kappa shape index (κ2) is 5.22. The predicted molar refractivity (Wildman–Crippen MR) is 73.9 cm³/mol. The molecule has 2 heterocycles. The Hall–Kier alpha value is -2.53. The molecule has 0 spiro atoms. The summed E-state index contributed by atoms with van der Waals surface area (Å²) in [4.78, 5) is 8.18. The van der Waals surface area contributed by atoms with Gasteiger partial charge in [-0.15, -0.1) is 0 Å². The smallest absolute Gasteiger partial charge is 0.223 e. The lowest BCUT2D eigenvalue weighted by molar-refractivity contribution is 0.452. The number of ether oxygens (including phenoxy) is 1. The van der Waals surface area contributed by atoms with E-state index in [2.05, 4.69) is 9.97 Å². The Balaban J connectivity index is 1.96. The van der Waals surface area contributed by atoms with Gasteiger partial charge in [-0.1, -0.05) is 6.07 Å². The van der Waals surface area contributed by atoms with Crippen molar-refractivity contribution in [3.63, 3.8) is 0 Å². The van der Waals surface area contributed by atoms with Crippen molar-refractivity contribution in [2.45, 2.75) is 6.54 Å². The lowest BCUT2D eigenvalue weighted by Gasteiger charge is -2.09. The molecular formula is C15H12FN3O. The van der Waals surface area contributed by atoms with Gasteiger partial charge in [0.05, 0.1) is 11.7 Å². The summed E-state index contributed by atoms with van der Waals surface area (Å²) in [6.07, 6.45) is 2.82. The standard InChI is InChI=1S/C15H12FN3O/c16-12-6-11(8-17)15(19-9-12)20-13-4-3-10-2-1-5-18-14(10)7-13/h1-7,9H,8,17H2. The molecule has 0 aliphatic carbocycles. The first kappa shape index (κ1) is 12.5. The van der Waals surface area contributed by atoms with E-state index in [0.29, 0.717) is 17.2 Å². The van der Waals surface area contributed by atoms with E-state index < -0.39 is 5.82 Å². The van der Waals surface area contributed by atoms with Crippen LogP contribution >= 0.6 is 0 Å². The SMILES string of the molecule is NCc1cc(F)cnc1Oc1ccc2cccnc2c1. The highest BCUT2D eigenvalue weighted by molar-refractivity contribution is 5.79. The zero-order valence-corrected chi connectivity index (χ0v) is 10.6. The summed E-state index contributed by atoms with van der Waals surface area (Å²) >= 11 is 0. The highest BCUT2D eigenvalue weighted by atomic mass is 19.1. The Morgan fingerprint density at radius 3 is 2.90 bits per heavy atom. The molecule has 5 heteroatoms. The highest BCUT2D eigenvalue weighted by Crippen LogP contribution is 2.25. The third kappa shape index (κ3) is 2.44. The maximum atomic E-state index is 13.1. The minimum absolute atomic E-state index is 0.159. The van der Waals surface area contributed by atoms with Crippen molar-refractivity contribution in [1.82, 2.24) is 9.97 Å². The van der Waals surface area contributed by atoms with Crippen molar-refractivity contribution in [3.05, 3.63) is 60.2 Å². The molecule has 0 fully saturated rings. The van der Waals surface area contributed by atoms with Crippen molar-refractivity contribution in [2.24, 2.45) is 5.73 Å². The summed E-state index contributed by atoms with van der Waals surface area (Å²) in [6.45, 7) is 0.159. The first-order valence-electron chi connectivity index (χ1n) is 6.13. The van der Waals surface area contributed by atoms with Crippen molar-refractivity contribution in [1.29, 1.82) is 0 Å². The number of nitrogens with two attached hydrogens (primary N) is 1. The van der Waals surface area contributed by atoms with Crippen LogP contribution in [0, 0.1) is 5.82 Å². The first-order valence-corrected chi connectivity index (χ1v) is 6.13. The topological polar surface area (TPSA) is 61.0 Å². The third-order valence-corrected chi connectivity index (χ3v) is 2.90. The third-order valence-electron chi connectivity index (χ3n) is 2.90. The minimum atomic E-state index is -0.432. The fourth-order valence-electron chi connectivity index (χ4n) is 1.93. The van der Waals surface area contributed by atoms with E-state index in [4.69, 9.17) is 10.5 Å². The summed E-state index contributed by atoms with van der Waals surface area (Å²) in [7, 11) is 0. The second-order valence-corrected chi connectivity index (χ2v) is 4.28. The van der Waals surface area contributed by atoms with Gasteiger partial charge >= 0.3 is 0 Å². The average Bonchev–Trinajstić information content (AvgIpc) is 2.49. The van der Waals surface area contributed by atoms with Crippen LogP contribution in [0.2, 0.25) is 0 Å². The van der Waals surface area contributed by atoms with Crippen molar-refractivity contribution in [3.8, 4) is 11.6 Å². The number of halogens is 1. The molecule has 1 aromatic carbocycles. The monoisotopic (exact) mass is 269 g/mol. The van der Waals surface area contributed by atoms with Crippen LogP contribution in [-0.4, -0.2) is 9.97 Å². The molecule has 0 saturated heterocycles. The van der Waals surface area contributed by atoms with E-state index in [1.54, 1.807) is 12.3 Å². The lowest BCUT2D eigenvalue weighted by atomic mass is 10.2. The summed E-state index contributed by atoms with van der Waals surface area (Å²) in [5.41, 5.74) is 6.91. The van der Waals surface area contributed by atoms with E-state index in [1.807, 2.05) is 24.3 Å². The van der Waals surface area contributed by atoms with Gasteiger partial charge in [0, 0.05) is 29.8 Å². The van der Waals surface area contributed by atoms with Crippen LogP contribution in [0.15, 0.2) is 48.8 Å². The normalized spacial score (nSPS) is 10.7. The molecule has 0 aliphatic rings. The Morgan fingerprint density at radius 1 is 1.15 bits per heavy atom. The lowest BCUT2D eigenvalue weighted by Crippen LogP contribution is -2.02. The van der Waals surface area contributed by atoms with Crippen LogP contribution in [0.3, 0.4) is 0 Å². The number of rotatable bonds is 3. The van der Waals surface area contributed by atoms with Crippen LogP contribution in [0.1, 0.15) is 5.56 Å². The molecule has 2 aromatic heterocycles. The van der Waals surface area contributed by atoms with Crippen LogP contribution in [0.25, 0.3) is 10.9 Å². The molecule has 0 bridgehead atoms. The largest absolute Gasteiger partial charge is 0.439 e. The number of benzene rings is 1. The summed E-state index contributed by atoms with van der Waals surface area (Å²) in [5.74, 6) is 0.465. The van der Waals surface area contributed by atoms with E-state index in [1.165, 1.54) is 6.07 Å². The van der Waals surface area contributed by atoms with Gasteiger partial charge in [0.15, 0.2) is 0 Å². The van der Waals surface area contributed by atoms with Gasteiger partial charge < -0.3 is 10.5 Å². The highest BCUT2D eigenvalue weighted by Gasteiger charge is 2.07. The zero-order chi connectivity index (χ0) is 13.9. The molecule has 3 aromatic rings. The van der Waals surface area contributed by atoms with Gasteiger partial charge in [-0.3, -0.25) is 4.98 Å². The molecular weight excluding hydrogens is 257 g/mol. The van der Waals surface area contributed by atoms with Crippen LogP contribution in [0.4, 0.5) is 4.39 Å². The molecule has 4 nitrogen and oxygen atoms in total. The number of aromatic nitrogens is 2. The molecule has 20 heavy (non-hydrogen) atoms. The zero-order valence-electron chi connectivity index (χ0n) is 10.6. The number of hydrogen-bond acceptors (Lipinski definition) is 4. The summed E-state index contributed by atoms with van der Waals surface area (Å²) in [5, 5.41) is 1.02. The predicted octanol–water partition coefficient (Wildman–Crippen LogP) is 3.02. The summed E-state index contributed by atoms with van der Waals surface area (Å²) in [6, 6.07) is 10.7. The van der Waals surface area contributed by atoms with Gasteiger partial charge in [-0.2, -0.15) is 0 Å². The number of hydrogen-bond donors (Lipinski definition) is 1. The Kier molecular flexibility index (Phi) is 3.26. The molecule has 0 radical (unpaired) electrons. The van der Waals surface area contributed by atoms with Gasteiger partial charge in [0.2, 0.25) is 5.88 Å². The number of nitrogens with zero attached hydrogens (tertiary/aromatic N) is 2. The quantitative estimate of drug-likeness (QED) is 0.794. The van der Waals surface area contributed by atoms with E-state index in [9.17, 15) is 4.39 Å². The molecule has 0 amide bonds. The van der Waals surface area contributed by atoms with Gasteiger partial charge in [0.25, 0.3) is 0 Å². The maximum Gasteiger partial charge on any atom is 0.223 e. The van der Waals surface area contributed by atoms with Gasteiger partial charge in [-0.05, 0) is 24.3 Å². The summed E-state index contributed by atoms with van der Waals surface area (Å²) < 4.78 is 18.8. The van der Waals surface area contributed by atoms with E-state index in [-0.39, 0.29) is 6.54 Å². The molecule has 0 aliphatic heterocycles. The molecule has 0 unspecified atom stereocenters. The molecule has 100 valence electrons. The minimum Gasteiger partial charge on any atom is -0.439 e. The maximum absolute atomic E-state index is 13.1. The molecule has 2 N–H and O–H groups in total. The van der Waals surface area contributed by atoms with Crippen LogP contribution in [-0.2, 0) is 6.54 Å². The molecule has 0 saturated carbocycles. The van der Waals surface area contributed by atoms with Crippen molar-refractivity contribution < 1.29 is 9.13 Å². The number of fused-ring (bicyclic) bond motifs is 1. The van der Waals surface area contributed by atoms with Gasteiger partial charge in [-0.25, -0.2) is 9.37 Å². The fraction of sp³-hybridized carbons (Fsp3) is 0.0667. The van der Waals surface area contributed by atoms with Crippen LogP contribution < -0.4 is 10.5 Å². The fourth-order valence-corrected chi connectivity index (χ4v) is 1.93. The number of pyridine rings is 2. The molecule has 0 atom stereocenters. The Labute approximate surface area is 115 Å². The average molecular weight is 269 g/mol. The first-order chi connectivity index (χ1) is 9.76.